The molecule has 2 aromatic carbocycles. The van der Waals surface area contributed by atoms with E-state index >= 15 is 0 Å². The van der Waals surface area contributed by atoms with Gasteiger partial charge in [-0.3, -0.25) is 4.79 Å². The summed E-state index contributed by atoms with van der Waals surface area (Å²) in [6.45, 7) is 0.812. The maximum atomic E-state index is 14.4. The third-order valence-corrected chi connectivity index (χ3v) is 4.99. The molecule has 2 N–H and O–H groups in total. The van der Waals surface area contributed by atoms with Crippen LogP contribution in [0.5, 0.6) is 5.75 Å². The lowest BCUT2D eigenvalue weighted by Crippen LogP contribution is -2.51. The fourth-order valence-electron chi connectivity index (χ4n) is 3.44. The number of hydrogen-bond acceptors (Lipinski definition) is 4. The molecule has 160 valence electrons. The van der Waals surface area contributed by atoms with Gasteiger partial charge in [0.1, 0.15) is 12.0 Å². The summed E-state index contributed by atoms with van der Waals surface area (Å²) in [7, 11) is 0. The minimum Gasteiger partial charge on any atom is -0.445 e. The van der Waals surface area contributed by atoms with Crippen LogP contribution in [0.2, 0.25) is 0 Å². The smallest absolute Gasteiger partial charge is 0.288 e. The van der Waals surface area contributed by atoms with Crippen LogP contribution in [0.25, 0.3) is 0 Å². The molecule has 0 spiro atoms. The second-order valence-corrected chi connectivity index (χ2v) is 6.99. The number of fused-ring (bicyclic) bond motifs is 1. The minimum atomic E-state index is -1.23. The summed E-state index contributed by atoms with van der Waals surface area (Å²) in [4.78, 5) is 14.2. The standard InChI is InChI=1S/C21H20F3N3O2.ClH/c22-14-5-2-1-4-13(14)11-27-12-19(29-20-15(23)6-3-7-18(20)27)21(28)26-17-8-9-25-10-16(17)24;/h1-7,12,16-17,25H,8-11H2,(H,26,28);1H. The number of anilines is 1. The number of nitrogens with zero attached hydrogens (tertiary/aromatic N) is 1. The van der Waals surface area contributed by atoms with E-state index in [1.807, 2.05) is 0 Å². The Morgan fingerprint density at radius 3 is 2.70 bits per heavy atom. The number of para-hydroxylation sites is 1. The fourth-order valence-corrected chi connectivity index (χ4v) is 3.44. The summed E-state index contributed by atoms with van der Waals surface area (Å²) in [5, 5.41) is 5.53. The van der Waals surface area contributed by atoms with Gasteiger partial charge in [-0.1, -0.05) is 24.3 Å². The van der Waals surface area contributed by atoms with Crippen LogP contribution in [0.4, 0.5) is 18.9 Å². The van der Waals surface area contributed by atoms with Crippen LogP contribution in [0.15, 0.2) is 54.4 Å². The topological polar surface area (TPSA) is 53.6 Å². The first-order valence-corrected chi connectivity index (χ1v) is 9.37. The van der Waals surface area contributed by atoms with E-state index in [2.05, 4.69) is 10.6 Å². The molecule has 2 aromatic rings. The Hall–Kier alpha value is -2.71. The van der Waals surface area contributed by atoms with Gasteiger partial charge in [-0.25, -0.2) is 13.2 Å². The Balaban J connectivity index is 0.00000256. The van der Waals surface area contributed by atoms with Crippen molar-refractivity contribution in [1.82, 2.24) is 10.6 Å². The zero-order valence-corrected chi connectivity index (χ0v) is 16.7. The summed E-state index contributed by atoms with van der Waals surface area (Å²) in [5.41, 5.74) is 0.748. The van der Waals surface area contributed by atoms with Gasteiger partial charge >= 0.3 is 0 Å². The number of amides is 1. The minimum absolute atomic E-state index is 0. The molecule has 5 nitrogen and oxygen atoms in total. The molecule has 0 saturated carbocycles. The first-order valence-electron chi connectivity index (χ1n) is 9.37. The molecule has 30 heavy (non-hydrogen) atoms. The van der Waals surface area contributed by atoms with Gasteiger partial charge in [-0.2, -0.15) is 0 Å². The van der Waals surface area contributed by atoms with E-state index in [9.17, 15) is 18.0 Å². The number of halogens is 4. The van der Waals surface area contributed by atoms with Crippen LogP contribution >= 0.6 is 12.4 Å². The van der Waals surface area contributed by atoms with E-state index in [4.69, 9.17) is 4.74 Å². The Morgan fingerprint density at radius 2 is 1.93 bits per heavy atom. The Kier molecular flexibility index (Phi) is 6.89. The predicted octanol–water partition coefficient (Wildman–Crippen LogP) is 3.44. The van der Waals surface area contributed by atoms with Crippen molar-refractivity contribution < 1.29 is 22.7 Å². The molecule has 2 aliphatic rings. The molecule has 1 saturated heterocycles. The van der Waals surface area contributed by atoms with Crippen LogP contribution in [-0.4, -0.2) is 31.2 Å². The molecule has 2 atom stereocenters. The summed E-state index contributed by atoms with van der Waals surface area (Å²) in [5.74, 6) is -2.01. The van der Waals surface area contributed by atoms with Crippen LogP contribution in [0, 0.1) is 11.6 Å². The van der Waals surface area contributed by atoms with Gasteiger partial charge in [0.05, 0.1) is 24.5 Å². The van der Waals surface area contributed by atoms with Gasteiger partial charge < -0.3 is 20.3 Å². The van der Waals surface area contributed by atoms with E-state index in [1.54, 1.807) is 29.2 Å². The molecule has 0 bridgehead atoms. The molecule has 1 fully saturated rings. The summed E-state index contributed by atoms with van der Waals surface area (Å²) < 4.78 is 48.0. The van der Waals surface area contributed by atoms with Crippen molar-refractivity contribution >= 4 is 24.0 Å². The highest BCUT2D eigenvalue weighted by molar-refractivity contribution is 5.93. The highest BCUT2D eigenvalue weighted by Crippen LogP contribution is 2.37. The summed E-state index contributed by atoms with van der Waals surface area (Å²) in [6, 6.07) is 9.90. The van der Waals surface area contributed by atoms with E-state index in [1.165, 1.54) is 24.4 Å². The largest absolute Gasteiger partial charge is 0.445 e. The van der Waals surface area contributed by atoms with E-state index < -0.39 is 29.8 Å². The Labute approximate surface area is 178 Å². The third kappa shape index (κ3) is 4.55. The normalized spacial score (nSPS) is 20.4. The van der Waals surface area contributed by atoms with Crippen LogP contribution < -0.4 is 20.3 Å². The van der Waals surface area contributed by atoms with Crippen molar-refractivity contribution in [1.29, 1.82) is 0 Å². The second-order valence-electron chi connectivity index (χ2n) is 6.99. The second kappa shape index (κ2) is 9.40. The number of benzene rings is 2. The number of ether oxygens (including phenoxy) is 1. The third-order valence-electron chi connectivity index (χ3n) is 4.99. The highest BCUT2D eigenvalue weighted by atomic mass is 35.5. The Morgan fingerprint density at radius 1 is 1.17 bits per heavy atom. The van der Waals surface area contributed by atoms with Crippen LogP contribution in [-0.2, 0) is 11.3 Å². The van der Waals surface area contributed by atoms with Gasteiger partial charge in [0.25, 0.3) is 5.91 Å². The van der Waals surface area contributed by atoms with Gasteiger partial charge in [-0.05, 0) is 31.2 Å². The van der Waals surface area contributed by atoms with E-state index in [0.29, 0.717) is 24.2 Å². The lowest BCUT2D eigenvalue weighted by atomic mass is 10.0. The molecule has 2 heterocycles. The summed E-state index contributed by atoms with van der Waals surface area (Å²) in [6.07, 6.45) is 0.595. The molecule has 4 rings (SSSR count). The van der Waals surface area contributed by atoms with E-state index in [0.717, 1.165) is 0 Å². The number of carbonyl (C=O) groups is 1. The van der Waals surface area contributed by atoms with Gasteiger partial charge in [0, 0.05) is 12.1 Å². The van der Waals surface area contributed by atoms with Crippen LogP contribution in [0.3, 0.4) is 0 Å². The number of piperidine rings is 1. The monoisotopic (exact) mass is 439 g/mol. The number of carbonyl (C=O) groups excluding carboxylic acids is 1. The lowest BCUT2D eigenvalue weighted by Gasteiger charge is -2.31. The van der Waals surface area contributed by atoms with Crippen molar-refractivity contribution in [2.24, 2.45) is 0 Å². The van der Waals surface area contributed by atoms with Gasteiger partial charge in [0.2, 0.25) is 5.76 Å². The fraction of sp³-hybridized carbons (Fsp3) is 0.286. The van der Waals surface area contributed by atoms with Crippen molar-refractivity contribution in [3.05, 3.63) is 71.6 Å². The van der Waals surface area contributed by atoms with Gasteiger partial charge in [-0.15, -0.1) is 12.4 Å². The number of rotatable bonds is 4. The molecule has 0 radical (unpaired) electrons. The van der Waals surface area contributed by atoms with Crippen molar-refractivity contribution in [2.45, 2.75) is 25.2 Å². The highest BCUT2D eigenvalue weighted by Gasteiger charge is 2.31. The van der Waals surface area contributed by atoms with Crippen molar-refractivity contribution in [3.63, 3.8) is 0 Å². The van der Waals surface area contributed by atoms with E-state index in [-0.39, 0.29) is 37.0 Å². The zero-order chi connectivity index (χ0) is 20.4. The Bertz CT molecular complexity index is 957. The average Bonchev–Trinajstić information content (AvgIpc) is 2.72. The lowest BCUT2D eigenvalue weighted by molar-refractivity contribution is -0.121. The number of hydrogen-bond donors (Lipinski definition) is 2. The maximum Gasteiger partial charge on any atom is 0.288 e. The number of alkyl halides is 1. The SMILES string of the molecule is Cl.O=C(NC1CCNCC1F)C1=CN(Cc2ccccc2F)c2cccc(F)c2O1. The molecular formula is C21H21ClF3N3O2. The van der Waals surface area contributed by atoms with Crippen molar-refractivity contribution in [3.8, 4) is 5.75 Å². The maximum absolute atomic E-state index is 14.4. The molecule has 0 aliphatic carbocycles. The van der Waals surface area contributed by atoms with Gasteiger partial charge in [0.15, 0.2) is 11.6 Å². The number of nitrogens with one attached hydrogen (secondary N) is 2. The molecule has 2 unspecified atom stereocenters. The summed E-state index contributed by atoms with van der Waals surface area (Å²) >= 11 is 0. The molecule has 1 amide bonds. The van der Waals surface area contributed by atoms with Crippen LogP contribution in [0.1, 0.15) is 12.0 Å². The molecule has 0 aromatic heterocycles. The molecule has 9 heteroatoms. The molecular weight excluding hydrogens is 419 g/mol. The van der Waals surface area contributed by atoms with Crippen molar-refractivity contribution in [2.75, 3.05) is 18.0 Å². The predicted molar refractivity (Wildman–Crippen MR) is 109 cm³/mol. The zero-order valence-electron chi connectivity index (χ0n) is 15.9. The average molecular weight is 440 g/mol. The molecule has 2 aliphatic heterocycles. The first-order chi connectivity index (χ1) is 14.0. The first kappa shape index (κ1) is 22.0. The quantitative estimate of drug-likeness (QED) is 0.766.